The number of hydrogen-bond acceptors (Lipinski definition) is 15. The van der Waals surface area contributed by atoms with E-state index in [1.54, 1.807) is 0 Å². The van der Waals surface area contributed by atoms with Gasteiger partial charge in [-0.2, -0.15) is 0 Å². The molecule has 0 radical (unpaired) electrons. The van der Waals surface area contributed by atoms with E-state index in [0.29, 0.717) is 25.7 Å². The van der Waals surface area contributed by atoms with E-state index < -0.39 is 97.5 Å². The Morgan fingerprint density at radius 3 is 0.636 bits per heavy atom. The smallest absolute Gasteiger partial charge is 0.462 e. The van der Waals surface area contributed by atoms with Crippen LogP contribution in [0.25, 0.3) is 0 Å². The van der Waals surface area contributed by atoms with Crippen molar-refractivity contribution in [3.63, 3.8) is 0 Å². The van der Waals surface area contributed by atoms with E-state index in [1.165, 1.54) is 283 Å². The van der Waals surface area contributed by atoms with Gasteiger partial charge in [0.25, 0.3) is 0 Å². The highest BCUT2D eigenvalue weighted by atomic mass is 31.2. The molecule has 2 unspecified atom stereocenters. The maximum absolute atomic E-state index is 13.2. The highest BCUT2D eigenvalue weighted by molar-refractivity contribution is 7.47. The van der Waals surface area contributed by atoms with Gasteiger partial charge in [-0.25, -0.2) is 9.13 Å². The highest BCUT2D eigenvalue weighted by Gasteiger charge is 2.30. The Labute approximate surface area is 658 Å². The van der Waals surface area contributed by atoms with Crippen molar-refractivity contribution in [2.45, 2.75) is 490 Å². The first-order valence-electron chi connectivity index (χ1n) is 45.5. The number of unbranched alkanes of at least 4 members (excludes halogenated alkanes) is 57. The van der Waals surface area contributed by atoms with Crippen molar-refractivity contribution in [1.82, 2.24) is 0 Å². The lowest BCUT2D eigenvalue weighted by Crippen LogP contribution is -2.30. The molecule has 0 aliphatic carbocycles. The van der Waals surface area contributed by atoms with E-state index >= 15 is 0 Å². The third-order valence-corrected chi connectivity index (χ3v) is 22.6. The van der Waals surface area contributed by atoms with E-state index in [4.69, 9.17) is 37.0 Å². The monoisotopic (exact) mass is 1560 g/mol. The fourth-order valence-electron chi connectivity index (χ4n) is 13.8. The van der Waals surface area contributed by atoms with Gasteiger partial charge in [0.2, 0.25) is 0 Å². The summed E-state index contributed by atoms with van der Waals surface area (Å²) in [6.07, 6.45) is 72.5. The van der Waals surface area contributed by atoms with E-state index in [0.717, 1.165) is 108 Å². The molecular weight excluding hydrogens is 1390 g/mol. The summed E-state index contributed by atoms with van der Waals surface area (Å²) in [6, 6.07) is 0. The third-order valence-electron chi connectivity index (χ3n) is 20.7. The van der Waals surface area contributed by atoms with Gasteiger partial charge in [-0.1, -0.05) is 420 Å². The fourth-order valence-corrected chi connectivity index (χ4v) is 15.4. The second-order valence-electron chi connectivity index (χ2n) is 32.6. The standard InChI is InChI=1S/C88H172O17P2/c1-7-9-11-13-15-17-18-19-20-21-22-23-24-25-30-33-38-43-48-54-60-66-72-88(93)105-84(77-99-86(91)71-65-59-53-47-42-37-32-29-27-26-28-31-35-40-45-50-56-62-68-80(3)4)79-103-107(96,97)101-75-82(89)74-100-106(94,95)102-78-83(76-98-85(90)70-64-58-52-16-14-12-10-8-2)104-87(92)73-67-61-55-49-44-39-34-36-41-46-51-57-63-69-81(5)6/h80-84,89H,7-79H2,1-6H3,(H,94,95)(H,96,97)/t82-,83+,84+/m0/s1. The summed E-state index contributed by atoms with van der Waals surface area (Å²) in [6.45, 7) is 9.70. The van der Waals surface area contributed by atoms with E-state index in [-0.39, 0.29) is 25.7 Å². The number of ether oxygens (including phenoxy) is 4. The number of aliphatic hydroxyl groups excluding tert-OH is 1. The molecule has 107 heavy (non-hydrogen) atoms. The van der Waals surface area contributed by atoms with Gasteiger partial charge in [-0.3, -0.25) is 37.3 Å². The van der Waals surface area contributed by atoms with Crippen LogP contribution in [0.1, 0.15) is 472 Å². The molecule has 0 fully saturated rings. The molecule has 0 aliphatic rings. The molecule has 0 aliphatic heterocycles. The van der Waals surface area contributed by atoms with E-state index in [1.807, 2.05) is 0 Å². The summed E-state index contributed by atoms with van der Waals surface area (Å²) in [4.78, 5) is 73.2. The Bertz CT molecular complexity index is 2050. The van der Waals surface area contributed by atoms with Crippen molar-refractivity contribution in [2.75, 3.05) is 39.6 Å². The second kappa shape index (κ2) is 79.3. The predicted molar refractivity (Wildman–Crippen MR) is 442 cm³/mol. The Morgan fingerprint density at radius 2 is 0.430 bits per heavy atom. The number of carbonyl (C=O) groups is 4. The summed E-state index contributed by atoms with van der Waals surface area (Å²) < 4.78 is 68.9. The summed E-state index contributed by atoms with van der Waals surface area (Å²) in [5, 5.41) is 10.7. The number of esters is 4. The van der Waals surface area contributed by atoms with Gasteiger partial charge in [0, 0.05) is 25.7 Å². The Hall–Kier alpha value is -1.94. The van der Waals surface area contributed by atoms with Crippen LogP contribution in [0.3, 0.4) is 0 Å². The first-order valence-corrected chi connectivity index (χ1v) is 48.5. The summed E-state index contributed by atoms with van der Waals surface area (Å²) in [7, 11) is -9.93. The van der Waals surface area contributed by atoms with Crippen LogP contribution in [0.15, 0.2) is 0 Å². The van der Waals surface area contributed by atoms with Crippen molar-refractivity contribution in [1.29, 1.82) is 0 Å². The SMILES string of the molecule is CCCCCCCCCCCCCCCCCCCCCCCCC(=O)O[C@H](COC(=O)CCCCCCCCCCCCCCCCCCCCC(C)C)COP(=O)(O)OC[C@@H](O)COP(=O)(O)OC[C@@H](COC(=O)CCCCCCCCCC)OC(=O)CCCCCCCCCCCCCCCC(C)C. The second-order valence-corrected chi connectivity index (χ2v) is 35.5. The van der Waals surface area contributed by atoms with E-state index in [2.05, 4.69) is 41.5 Å². The topological polar surface area (TPSA) is 237 Å². The number of aliphatic hydroxyl groups is 1. The number of rotatable bonds is 87. The zero-order valence-corrected chi connectivity index (χ0v) is 72.2. The van der Waals surface area contributed by atoms with Gasteiger partial charge in [0.05, 0.1) is 26.4 Å². The van der Waals surface area contributed by atoms with Crippen LogP contribution in [0.2, 0.25) is 0 Å². The van der Waals surface area contributed by atoms with Crippen LogP contribution in [0.5, 0.6) is 0 Å². The minimum absolute atomic E-state index is 0.107. The molecule has 0 bridgehead atoms. The molecule has 0 heterocycles. The molecule has 17 nitrogen and oxygen atoms in total. The summed E-state index contributed by atoms with van der Waals surface area (Å²) in [5.41, 5.74) is 0. The van der Waals surface area contributed by atoms with Crippen LogP contribution in [0, 0.1) is 11.8 Å². The zero-order valence-electron chi connectivity index (χ0n) is 70.5. The molecule has 19 heteroatoms. The molecule has 0 rings (SSSR count). The normalized spacial score (nSPS) is 13.8. The fraction of sp³-hybridized carbons (Fsp3) is 0.955. The largest absolute Gasteiger partial charge is 0.472 e. The summed E-state index contributed by atoms with van der Waals surface area (Å²) >= 11 is 0. The molecule has 0 amide bonds. The Balaban J connectivity index is 5.17. The third kappa shape index (κ3) is 81.9. The maximum Gasteiger partial charge on any atom is 0.472 e. The molecular formula is C88H172O17P2. The summed E-state index contributed by atoms with van der Waals surface area (Å²) in [5.74, 6) is -0.494. The van der Waals surface area contributed by atoms with Crippen molar-refractivity contribution in [3.8, 4) is 0 Å². The number of carbonyl (C=O) groups excluding carboxylic acids is 4. The minimum Gasteiger partial charge on any atom is -0.462 e. The van der Waals surface area contributed by atoms with Crippen LogP contribution >= 0.6 is 15.6 Å². The van der Waals surface area contributed by atoms with Crippen molar-refractivity contribution in [3.05, 3.63) is 0 Å². The van der Waals surface area contributed by atoms with Gasteiger partial charge in [-0.15, -0.1) is 0 Å². The molecule has 0 saturated heterocycles. The molecule has 0 spiro atoms. The number of phosphoric acid groups is 2. The lowest BCUT2D eigenvalue weighted by molar-refractivity contribution is -0.161. The van der Waals surface area contributed by atoms with Crippen molar-refractivity contribution in [2.24, 2.45) is 11.8 Å². The van der Waals surface area contributed by atoms with Crippen LogP contribution in [-0.2, 0) is 65.4 Å². The molecule has 5 atom stereocenters. The number of phosphoric ester groups is 2. The first kappa shape index (κ1) is 105. The van der Waals surface area contributed by atoms with Gasteiger partial charge < -0.3 is 33.8 Å². The van der Waals surface area contributed by atoms with Gasteiger partial charge in [-0.05, 0) is 37.5 Å². The van der Waals surface area contributed by atoms with Crippen LogP contribution in [0.4, 0.5) is 0 Å². The van der Waals surface area contributed by atoms with Crippen LogP contribution < -0.4 is 0 Å². The minimum atomic E-state index is -4.97. The number of hydrogen-bond donors (Lipinski definition) is 3. The molecule has 0 aromatic heterocycles. The van der Waals surface area contributed by atoms with E-state index in [9.17, 15) is 43.2 Å². The Kier molecular flexibility index (Phi) is 77.9. The van der Waals surface area contributed by atoms with Crippen LogP contribution in [-0.4, -0.2) is 96.7 Å². The lowest BCUT2D eigenvalue weighted by Gasteiger charge is -2.21. The van der Waals surface area contributed by atoms with Crippen molar-refractivity contribution < 1.29 is 80.2 Å². The molecule has 0 saturated carbocycles. The average Bonchev–Trinajstić information content (AvgIpc) is 0.902. The maximum atomic E-state index is 13.2. The van der Waals surface area contributed by atoms with Crippen molar-refractivity contribution >= 4 is 39.5 Å². The molecule has 0 aromatic carbocycles. The quantitative estimate of drug-likeness (QED) is 0.0222. The van der Waals surface area contributed by atoms with Gasteiger partial charge >= 0.3 is 39.5 Å². The highest BCUT2D eigenvalue weighted by Crippen LogP contribution is 2.45. The molecule has 3 N–H and O–H groups in total. The average molecular weight is 1560 g/mol. The Morgan fingerprint density at radius 1 is 0.252 bits per heavy atom. The van der Waals surface area contributed by atoms with Gasteiger partial charge in [0.15, 0.2) is 12.2 Å². The molecule has 0 aromatic rings. The van der Waals surface area contributed by atoms with Gasteiger partial charge in [0.1, 0.15) is 19.3 Å². The zero-order chi connectivity index (χ0) is 78.5. The first-order chi connectivity index (χ1) is 51.9. The lowest BCUT2D eigenvalue weighted by atomic mass is 10.0. The predicted octanol–water partition coefficient (Wildman–Crippen LogP) is 27.0. The molecule has 636 valence electrons.